The lowest BCUT2D eigenvalue weighted by molar-refractivity contribution is -0.119. The van der Waals surface area contributed by atoms with Gasteiger partial charge in [0.25, 0.3) is 0 Å². The first kappa shape index (κ1) is 16.2. The maximum atomic E-state index is 11.7. The first-order chi connectivity index (χ1) is 11.0. The number of hydrogen-bond acceptors (Lipinski definition) is 5. The van der Waals surface area contributed by atoms with Crippen molar-refractivity contribution in [2.24, 2.45) is 7.05 Å². The van der Waals surface area contributed by atoms with E-state index in [0.717, 1.165) is 26.5 Å². The molecule has 3 rings (SSSR count). The number of thioether (sulfide) groups is 1. The zero-order chi connectivity index (χ0) is 16.6. The third-order valence-electron chi connectivity index (χ3n) is 3.32. The van der Waals surface area contributed by atoms with E-state index in [2.05, 4.69) is 36.4 Å². The van der Waals surface area contributed by atoms with Gasteiger partial charge in [-0.3, -0.25) is 4.79 Å². The number of benzene rings is 1. The van der Waals surface area contributed by atoms with Gasteiger partial charge in [0.2, 0.25) is 11.1 Å². The summed E-state index contributed by atoms with van der Waals surface area (Å²) in [5.74, 6) is 0.246. The van der Waals surface area contributed by atoms with E-state index in [1.807, 2.05) is 43.7 Å². The second-order valence-corrected chi connectivity index (χ2v) is 7.36. The van der Waals surface area contributed by atoms with Gasteiger partial charge >= 0.3 is 0 Å². The minimum atomic E-state index is -0.0327. The largest absolute Gasteiger partial charge is 0.353 e. The van der Waals surface area contributed by atoms with E-state index >= 15 is 0 Å². The molecule has 6 nitrogen and oxygen atoms in total. The number of aromatic nitrogens is 4. The van der Waals surface area contributed by atoms with Crippen LogP contribution in [0.25, 0.3) is 22.1 Å². The highest BCUT2D eigenvalue weighted by Crippen LogP contribution is 2.28. The van der Waals surface area contributed by atoms with E-state index in [1.54, 1.807) is 0 Å². The molecular formula is C15H16BrN5OS. The summed E-state index contributed by atoms with van der Waals surface area (Å²) in [6.45, 7) is 3.86. The van der Waals surface area contributed by atoms with Crippen molar-refractivity contribution in [1.82, 2.24) is 25.1 Å². The van der Waals surface area contributed by atoms with E-state index in [4.69, 9.17) is 0 Å². The van der Waals surface area contributed by atoms with Gasteiger partial charge in [-0.25, -0.2) is 4.98 Å². The van der Waals surface area contributed by atoms with Crippen molar-refractivity contribution in [2.75, 3.05) is 5.75 Å². The van der Waals surface area contributed by atoms with Gasteiger partial charge in [-0.1, -0.05) is 27.7 Å². The summed E-state index contributed by atoms with van der Waals surface area (Å²) >= 11 is 4.76. The smallest absolute Gasteiger partial charge is 0.230 e. The molecule has 8 heteroatoms. The number of rotatable bonds is 4. The highest BCUT2D eigenvalue weighted by molar-refractivity contribution is 9.10. The Bertz CT molecular complexity index is 892. The topological polar surface area (TPSA) is 72.7 Å². The highest BCUT2D eigenvalue weighted by atomic mass is 79.9. The molecule has 0 atom stereocenters. The molecule has 0 aliphatic heterocycles. The van der Waals surface area contributed by atoms with Crippen molar-refractivity contribution < 1.29 is 4.79 Å². The fourth-order valence-corrected chi connectivity index (χ4v) is 3.33. The Balaban J connectivity index is 1.91. The second kappa shape index (κ2) is 6.45. The van der Waals surface area contributed by atoms with E-state index in [-0.39, 0.29) is 17.7 Å². The molecule has 0 aliphatic rings. The molecule has 0 saturated heterocycles. The molecule has 23 heavy (non-hydrogen) atoms. The number of hydrogen-bond donors (Lipinski definition) is 1. The van der Waals surface area contributed by atoms with Crippen LogP contribution in [0.5, 0.6) is 0 Å². The number of nitrogens with zero attached hydrogens (tertiary/aromatic N) is 4. The third-order valence-corrected chi connectivity index (χ3v) is 4.65. The molecule has 2 aromatic heterocycles. The van der Waals surface area contributed by atoms with E-state index in [0.29, 0.717) is 5.16 Å². The van der Waals surface area contributed by atoms with Crippen LogP contribution in [0, 0.1) is 0 Å². The number of carbonyl (C=O) groups is 1. The van der Waals surface area contributed by atoms with Crippen LogP contribution in [-0.2, 0) is 11.8 Å². The molecule has 0 saturated carbocycles. The van der Waals surface area contributed by atoms with Crippen LogP contribution in [0.15, 0.2) is 27.8 Å². The Morgan fingerprint density at radius 2 is 2.17 bits per heavy atom. The average molecular weight is 394 g/mol. The Hall–Kier alpha value is -1.67. The zero-order valence-electron chi connectivity index (χ0n) is 13.0. The maximum Gasteiger partial charge on any atom is 0.230 e. The molecule has 0 bridgehead atoms. The van der Waals surface area contributed by atoms with Crippen molar-refractivity contribution in [1.29, 1.82) is 0 Å². The normalized spacial score (nSPS) is 11.5. The van der Waals surface area contributed by atoms with Gasteiger partial charge in [-0.2, -0.15) is 0 Å². The Labute approximate surface area is 146 Å². The molecule has 1 N–H and O–H groups in total. The van der Waals surface area contributed by atoms with Crippen LogP contribution >= 0.6 is 27.7 Å². The predicted molar refractivity (Wildman–Crippen MR) is 95.5 cm³/mol. The Morgan fingerprint density at radius 3 is 2.91 bits per heavy atom. The van der Waals surface area contributed by atoms with Crippen LogP contribution in [0.3, 0.4) is 0 Å². The van der Waals surface area contributed by atoms with Crippen molar-refractivity contribution >= 4 is 55.7 Å². The quantitative estimate of drug-likeness (QED) is 0.689. The van der Waals surface area contributed by atoms with Gasteiger partial charge < -0.3 is 9.88 Å². The molecule has 2 heterocycles. The summed E-state index contributed by atoms with van der Waals surface area (Å²) in [6.07, 6.45) is 0. The first-order valence-electron chi connectivity index (χ1n) is 7.16. The monoisotopic (exact) mass is 393 g/mol. The standard InChI is InChI=1S/C15H16BrN5OS/c1-8(2)17-12(22)7-23-15-18-14-13(19-20-15)10-6-9(16)4-5-11(10)21(14)3/h4-6,8H,7H2,1-3H3,(H,17,22). The number of halogens is 1. The lowest BCUT2D eigenvalue weighted by atomic mass is 10.2. The molecule has 1 aromatic carbocycles. The molecule has 0 fully saturated rings. The molecule has 120 valence electrons. The number of nitrogens with one attached hydrogen (secondary N) is 1. The number of carbonyl (C=O) groups excluding carboxylic acids is 1. The van der Waals surface area contributed by atoms with Gasteiger partial charge in [0.1, 0.15) is 5.52 Å². The zero-order valence-corrected chi connectivity index (χ0v) is 15.4. The van der Waals surface area contributed by atoms with Crippen molar-refractivity contribution in [3.05, 3.63) is 22.7 Å². The number of fused-ring (bicyclic) bond motifs is 3. The van der Waals surface area contributed by atoms with Crippen LogP contribution < -0.4 is 5.32 Å². The minimum Gasteiger partial charge on any atom is -0.353 e. The first-order valence-corrected chi connectivity index (χ1v) is 8.94. The second-order valence-electron chi connectivity index (χ2n) is 5.50. The summed E-state index contributed by atoms with van der Waals surface area (Å²) in [5, 5.41) is 12.8. The summed E-state index contributed by atoms with van der Waals surface area (Å²) in [4.78, 5) is 16.3. The van der Waals surface area contributed by atoms with E-state index in [9.17, 15) is 4.79 Å². The van der Waals surface area contributed by atoms with Crippen molar-refractivity contribution in [3.63, 3.8) is 0 Å². The van der Waals surface area contributed by atoms with Crippen LogP contribution in [-0.4, -0.2) is 37.5 Å². The number of amides is 1. The van der Waals surface area contributed by atoms with Gasteiger partial charge in [-0.05, 0) is 32.0 Å². The van der Waals surface area contributed by atoms with Gasteiger partial charge in [0.05, 0.1) is 11.3 Å². The molecule has 1 amide bonds. The molecule has 3 aromatic rings. The van der Waals surface area contributed by atoms with Gasteiger partial charge in [-0.15, -0.1) is 10.2 Å². The van der Waals surface area contributed by atoms with Crippen LogP contribution in [0.2, 0.25) is 0 Å². The SMILES string of the molecule is CC(C)NC(=O)CSc1nnc2c3cc(Br)ccc3n(C)c2n1. The lowest BCUT2D eigenvalue weighted by Crippen LogP contribution is -2.31. The van der Waals surface area contributed by atoms with Crippen LogP contribution in [0.4, 0.5) is 0 Å². The summed E-state index contributed by atoms with van der Waals surface area (Å²) in [5.41, 5.74) is 2.57. The van der Waals surface area contributed by atoms with E-state index < -0.39 is 0 Å². The molecule has 0 spiro atoms. The molecular weight excluding hydrogens is 378 g/mol. The summed E-state index contributed by atoms with van der Waals surface area (Å²) in [7, 11) is 1.95. The highest BCUT2D eigenvalue weighted by Gasteiger charge is 2.14. The van der Waals surface area contributed by atoms with Crippen molar-refractivity contribution in [2.45, 2.75) is 25.0 Å². The number of aryl methyl sites for hydroxylation is 1. The van der Waals surface area contributed by atoms with Crippen molar-refractivity contribution in [3.8, 4) is 0 Å². The van der Waals surface area contributed by atoms with Gasteiger partial charge in [0.15, 0.2) is 5.65 Å². The minimum absolute atomic E-state index is 0.0327. The fourth-order valence-electron chi connectivity index (χ4n) is 2.37. The molecule has 0 aliphatic carbocycles. The fraction of sp³-hybridized carbons (Fsp3) is 0.333. The Kier molecular flexibility index (Phi) is 4.54. The predicted octanol–water partition coefficient (Wildman–Crippen LogP) is 2.90. The molecule has 0 radical (unpaired) electrons. The van der Waals surface area contributed by atoms with Crippen LogP contribution in [0.1, 0.15) is 13.8 Å². The third kappa shape index (κ3) is 3.32. The maximum absolute atomic E-state index is 11.7. The Morgan fingerprint density at radius 1 is 1.39 bits per heavy atom. The van der Waals surface area contributed by atoms with Gasteiger partial charge in [0, 0.05) is 22.9 Å². The average Bonchev–Trinajstić information content (AvgIpc) is 2.77. The summed E-state index contributed by atoms with van der Waals surface area (Å²) in [6, 6.07) is 6.14. The lowest BCUT2D eigenvalue weighted by Gasteiger charge is -2.07. The molecule has 0 unspecified atom stereocenters. The van der Waals surface area contributed by atoms with E-state index in [1.165, 1.54) is 11.8 Å². The summed E-state index contributed by atoms with van der Waals surface area (Å²) < 4.78 is 2.98.